The van der Waals surface area contributed by atoms with E-state index in [0.717, 1.165) is 5.56 Å². The highest BCUT2D eigenvalue weighted by Crippen LogP contribution is 1.99. The second-order valence-corrected chi connectivity index (χ2v) is 4.43. The normalized spacial score (nSPS) is 9.81. The highest BCUT2D eigenvalue weighted by Gasteiger charge is 2.06. The molecule has 0 spiro atoms. The van der Waals surface area contributed by atoms with E-state index >= 15 is 0 Å². The number of amides is 1. The van der Waals surface area contributed by atoms with Crippen molar-refractivity contribution in [2.24, 2.45) is 0 Å². The molecule has 0 atom stereocenters. The molecule has 0 bridgehead atoms. The fourth-order valence-corrected chi connectivity index (χ4v) is 1.71. The standard InChI is InChI=1S/C15H16N4O2/c1-12-9-18-19(11-12)7-6-16-15(21)14-5-4-13(10-17-14)3-2-8-20/h4-5,9-11,20H,6-8H2,1H3,(H,16,21). The molecule has 2 rings (SSSR count). The molecule has 0 aromatic carbocycles. The summed E-state index contributed by atoms with van der Waals surface area (Å²) < 4.78 is 1.77. The first-order chi connectivity index (χ1) is 10.2. The Labute approximate surface area is 122 Å². The number of hydrogen-bond acceptors (Lipinski definition) is 4. The van der Waals surface area contributed by atoms with Crippen LogP contribution in [0.25, 0.3) is 0 Å². The molecule has 0 saturated carbocycles. The number of carbonyl (C=O) groups is 1. The Hall–Kier alpha value is -2.65. The van der Waals surface area contributed by atoms with Gasteiger partial charge < -0.3 is 10.4 Å². The van der Waals surface area contributed by atoms with Gasteiger partial charge in [-0.2, -0.15) is 5.10 Å². The van der Waals surface area contributed by atoms with Crippen LogP contribution in [0.15, 0.2) is 30.7 Å². The molecule has 0 fully saturated rings. The maximum atomic E-state index is 11.9. The Morgan fingerprint density at radius 1 is 1.43 bits per heavy atom. The first kappa shape index (κ1) is 14.8. The lowest BCUT2D eigenvalue weighted by molar-refractivity contribution is 0.0947. The van der Waals surface area contributed by atoms with Crippen LogP contribution < -0.4 is 5.32 Å². The molecule has 0 aliphatic heterocycles. The van der Waals surface area contributed by atoms with Crippen molar-refractivity contribution >= 4 is 5.91 Å². The second-order valence-electron chi connectivity index (χ2n) is 4.43. The maximum absolute atomic E-state index is 11.9. The van der Waals surface area contributed by atoms with Gasteiger partial charge in [-0.25, -0.2) is 4.98 Å². The van der Waals surface area contributed by atoms with Crippen LogP contribution in [0.5, 0.6) is 0 Å². The number of aromatic nitrogens is 3. The number of nitrogens with one attached hydrogen (secondary N) is 1. The Morgan fingerprint density at radius 3 is 2.90 bits per heavy atom. The molecular formula is C15H16N4O2. The summed E-state index contributed by atoms with van der Waals surface area (Å²) in [5.41, 5.74) is 2.08. The van der Waals surface area contributed by atoms with Crippen molar-refractivity contribution in [2.75, 3.05) is 13.2 Å². The van der Waals surface area contributed by atoms with Crippen molar-refractivity contribution in [3.05, 3.63) is 47.5 Å². The summed E-state index contributed by atoms with van der Waals surface area (Å²) in [6.07, 6.45) is 5.20. The van der Waals surface area contributed by atoms with Gasteiger partial charge in [0.2, 0.25) is 0 Å². The molecule has 1 amide bonds. The zero-order valence-electron chi connectivity index (χ0n) is 11.7. The molecular weight excluding hydrogens is 268 g/mol. The molecule has 0 unspecified atom stereocenters. The number of aryl methyl sites for hydroxylation is 1. The van der Waals surface area contributed by atoms with E-state index in [2.05, 4.69) is 27.2 Å². The SMILES string of the molecule is Cc1cnn(CCNC(=O)c2ccc(C#CCO)cn2)c1. The van der Waals surface area contributed by atoms with E-state index in [1.807, 2.05) is 13.1 Å². The van der Waals surface area contributed by atoms with Gasteiger partial charge in [-0.3, -0.25) is 9.48 Å². The lowest BCUT2D eigenvalue weighted by atomic mass is 10.2. The first-order valence-corrected chi connectivity index (χ1v) is 6.52. The first-order valence-electron chi connectivity index (χ1n) is 6.52. The number of pyridine rings is 1. The van der Waals surface area contributed by atoms with Gasteiger partial charge in [-0.15, -0.1) is 0 Å². The minimum atomic E-state index is -0.236. The fraction of sp³-hybridized carbons (Fsp3) is 0.267. The average Bonchev–Trinajstić information content (AvgIpc) is 2.91. The minimum Gasteiger partial charge on any atom is -0.384 e. The summed E-state index contributed by atoms with van der Waals surface area (Å²) in [7, 11) is 0. The Kier molecular flexibility index (Phi) is 5.07. The smallest absolute Gasteiger partial charge is 0.269 e. The van der Waals surface area contributed by atoms with Gasteiger partial charge in [-0.05, 0) is 24.6 Å². The number of carbonyl (C=O) groups excluding carboxylic acids is 1. The van der Waals surface area contributed by atoms with Crippen molar-refractivity contribution in [3.63, 3.8) is 0 Å². The number of nitrogens with zero attached hydrogens (tertiary/aromatic N) is 3. The second kappa shape index (κ2) is 7.22. The van der Waals surface area contributed by atoms with E-state index in [-0.39, 0.29) is 12.5 Å². The molecule has 6 nitrogen and oxygen atoms in total. The zero-order chi connectivity index (χ0) is 15.1. The fourth-order valence-electron chi connectivity index (χ4n) is 1.71. The van der Waals surface area contributed by atoms with Crippen LogP contribution in [0.1, 0.15) is 21.6 Å². The van der Waals surface area contributed by atoms with Crippen molar-refractivity contribution in [2.45, 2.75) is 13.5 Å². The Balaban J connectivity index is 1.85. The molecule has 6 heteroatoms. The van der Waals surface area contributed by atoms with Crippen LogP contribution in [-0.2, 0) is 6.54 Å². The average molecular weight is 284 g/mol. The van der Waals surface area contributed by atoms with E-state index in [1.54, 1.807) is 23.0 Å². The van der Waals surface area contributed by atoms with Crippen molar-refractivity contribution in [3.8, 4) is 11.8 Å². The van der Waals surface area contributed by atoms with Gasteiger partial charge in [0.15, 0.2) is 0 Å². The molecule has 21 heavy (non-hydrogen) atoms. The third-order valence-corrected chi connectivity index (χ3v) is 2.70. The van der Waals surface area contributed by atoms with Gasteiger partial charge in [0.25, 0.3) is 5.91 Å². The maximum Gasteiger partial charge on any atom is 0.269 e. The van der Waals surface area contributed by atoms with E-state index < -0.39 is 0 Å². The van der Waals surface area contributed by atoms with Crippen molar-refractivity contribution in [1.82, 2.24) is 20.1 Å². The highest BCUT2D eigenvalue weighted by molar-refractivity contribution is 5.92. The zero-order valence-corrected chi connectivity index (χ0v) is 11.7. The predicted molar refractivity (Wildman–Crippen MR) is 77.5 cm³/mol. The van der Waals surface area contributed by atoms with Crippen LogP contribution in [-0.4, -0.2) is 38.9 Å². The number of aliphatic hydroxyl groups is 1. The molecule has 2 N–H and O–H groups in total. The molecule has 0 aliphatic carbocycles. The van der Waals surface area contributed by atoms with E-state index in [0.29, 0.717) is 24.3 Å². The third-order valence-electron chi connectivity index (χ3n) is 2.70. The van der Waals surface area contributed by atoms with Gasteiger partial charge >= 0.3 is 0 Å². The lowest BCUT2D eigenvalue weighted by Crippen LogP contribution is -2.28. The van der Waals surface area contributed by atoms with Gasteiger partial charge in [0.05, 0.1) is 12.7 Å². The van der Waals surface area contributed by atoms with E-state index in [1.165, 1.54) is 6.20 Å². The van der Waals surface area contributed by atoms with Crippen LogP contribution in [0, 0.1) is 18.8 Å². The minimum absolute atomic E-state index is 0.199. The van der Waals surface area contributed by atoms with Crippen molar-refractivity contribution in [1.29, 1.82) is 0 Å². The van der Waals surface area contributed by atoms with Crippen LogP contribution >= 0.6 is 0 Å². The molecule has 0 saturated heterocycles. The largest absolute Gasteiger partial charge is 0.384 e. The highest BCUT2D eigenvalue weighted by atomic mass is 16.2. The van der Waals surface area contributed by atoms with Crippen LogP contribution in [0.4, 0.5) is 0 Å². The predicted octanol–water partition coefficient (Wildman–Crippen LogP) is 0.360. The van der Waals surface area contributed by atoms with Crippen LogP contribution in [0.3, 0.4) is 0 Å². The Bertz CT molecular complexity index is 665. The molecule has 0 radical (unpaired) electrons. The van der Waals surface area contributed by atoms with E-state index in [4.69, 9.17) is 5.11 Å². The van der Waals surface area contributed by atoms with E-state index in [9.17, 15) is 4.79 Å². The summed E-state index contributed by atoms with van der Waals surface area (Å²) in [5.74, 6) is 5.01. The molecule has 2 aromatic heterocycles. The quantitative estimate of drug-likeness (QED) is 0.795. The summed E-state index contributed by atoms with van der Waals surface area (Å²) in [6, 6.07) is 3.30. The lowest BCUT2D eigenvalue weighted by Gasteiger charge is -2.05. The number of rotatable bonds is 4. The third kappa shape index (κ3) is 4.44. The van der Waals surface area contributed by atoms with Crippen LogP contribution in [0.2, 0.25) is 0 Å². The summed E-state index contributed by atoms with van der Waals surface area (Å²) >= 11 is 0. The van der Waals surface area contributed by atoms with Gasteiger partial charge in [-0.1, -0.05) is 11.8 Å². The van der Waals surface area contributed by atoms with Gasteiger partial charge in [0, 0.05) is 24.5 Å². The Morgan fingerprint density at radius 2 is 2.29 bits per heavy atom. The molecule has 108 valence electrons. The summed E-state index contributed by atoms with van der Waals surface area (Å²) in [5, 5.41) is 15.5. The summed E-state index contributed by atoms with van der Waals surface area (Å²) in [4.78, 5) is 15.9. The summed E-state index contributed by atoms with van der Waals surface area (Å²) in [6.45, 7) is 2.86. The molecule has 2 aromatic rings. The molecule has 0 aliphatic rings. The van der Waals surface area contributed by atoms with Crippen molar-refractivity contribution < 1.29 is 9.90 Å². The number of aliphatic hydroxyl groups excluding tert-OH is 1. The monoisotopic (exact) mass is 284 g/mol. The topological polar surface area (TPSA) is 80.0 Å². The molecule has 2 heterocycles. The number of hydrogen-bond donors (Lipinski definition) is 2. The van der Waals surface area contributed by atoms with Gasteiger partial charge in [0.1, 0.15) is 12.3 Å².